The molecular formula is C17H15LiN2O3. The van der Waals surface area contributed by atoms with Gasteiger partial charge in [0.25, 0.3) is 0 Å². The number of carboxylic acids is 1. The van der Waals surface area contributed by atoms with Gasteiger partial charge in [0.2, 0.25) is 0 Å². The fourth-order valence-electron chi connectivity index (χ4n) is 2.05. The standard InChI is InChI=1S/C17H14N2O3.Li.H/c20-17(21)16-10-15(18-19-16)13-6-8-14(9-7-13)22-11-12-4-2-1-3-5-12;;/h1-10H,11H2,(H,18,19)(H,20,21);;. The topological polar surface area (TPSA) is 75.2 Å². The second-order valence-corrected chi connectivity index (χ2v) is 4.77. The van der Waals surface area contributed by atoms with Gasteiger partial charge in [0.05, 0.1) is 5.69 Å². The van der Waals surface area contributed by atoms with E-state index in [0.29, 0.717) is 12.3 Å². The van der Waals surface area contributed by atoms with Crippen LogP contribution in [0, 0.1) is 0 Å². The van der Waals surface area contributed by atoms with Crippen molar-refractivity contribution in [3.05, 3.63) is 71.9 Å². The molecule has 0 bridgehead atoms. The quantitative estimate of drug-likeness (QED) is 0.711. The normalized spacial score (nSPS) is 9.91. The molecule has 2 N–H and O–H groups in total. The number of carbonyl (C=O) groups is 1. The Kier molecular flexibility index (Phi) is 5.64. The first-order chi connectivity index (χ1) is 10.7. The Hall–Kier alpha value is -2.48. The zero-order valence-corrected chi connectivity index (χ0v) is 11.7. The number of nitrogens with one attached hydrogen (secondary N) is 1. The van der Waals surface area contributed by atoms with Crippen molar-refractivity contribution in [2.24, 2.45) is 0 Å². The van der Waals surface area contributed by atoms with E-state index in [2.05, 4.69) is 10.2 Å². The fourth-order valence-corrected chi connectivity index (χ4v) is 2.05. The van der Waals surface area contributed by atoms with Crippen LogP contribution >= 0.6 is 0 Å². The molecule has 6 heteroatoms. The SMILES string of the molecule is O=C(O)c1cc(-c2ccc(OCc3ccccc3)cc2)[nH]n1.[LiH]. The molecule has 0 spiro atoms. The third-order valence-electron chi connectivity index (χ3n) is 3.21. The molecule has 0 saturated carbocycles. The zero-order chi connectivity index (χ0) is 15.4. The van der Waals surface area contributed by atoms with E-state index in [1.165, 1.54) is 6.07 Å². The van der Waals surface area contributed by atoms with E-state index in [4.69, 9.17) is 9.84 Å². The van der Waals surface area contributed by atoms with E-state index in [1.54, 1.807) is 0 Å². The third kappa shape index (κ3) is 4.25. The summed E-state index contributed by atoms with van der Waals surface area (Å²) >= 11 is 0. The Morgan fingerprint density at radius 1 is 1.09 bits per heavy atom. The molecule has 112 valence electrons. The van der Waals surface area contributed by atoms with Crippen LogP contribution in [0.25, 0.3) is 11.3 Å². The van der Waals surface area contributed by atoms with Gasteiger partial charge in [-0.1, -0.05) is 30.3 Å². The predicted octanol–water partition coefficient (Wildman–Crippen LogP) is 2.71. The van der Waals surface area contributed by atoms with Gasteiger partial charge in [0, 0.05) is 0 Å². The number of aromatic amines is 1. The van der Waals surface area contributed by atoms with Crippen LogP contribution in [0.5, 0.6) is 5.75 Å². The molecule has 0 atom stereocenters. The van der Waals surface area contributed by atoms with Crippen LogP contribution in [-0.4, -0.2) is 40.1 Å². The van der Waals surface area contributed by atoms with E-state index < -0.39 is 5.97 Å². The molecule has 3 rings (SSSR count). The molecule has 23 heavy (non-hydrogen) atoms. The number of rotatable bonds is 5. The Morgan fingerprint density at radius 3 is 2.39 bits per heavy atom. The van der Waals surface area contributed by atoms with Gasteiger partial charge in [-0.2, -0.15) is 5.10 Å². The summed E-state index contributed by atoms with van der Waals surface area (Å²) in [4.78, 5) is 10.8. The predicted molar refractivity (Wildman–Crippen MR) is 88.9 cm³/mol. The number of carboxylic acid groups (broad SMARTS) is 1. The second kappa shape index (κ2) is 7.68. The first-order valence-corrected chi connectivity index (χ1v) is 6.78. The van der Waals surface area contributed by atoms with Crippen molar-refractivity contribution in [2.75, 3.05) is 0 Å². The molecule has 5 nitrogen and oxygen atoms in total. The summed E-state index contributed by atoms with van der Waals surface area (Å²) in [6, 6.07) is 18.8. The molecule has 3 aromatic rings. The van der Waals surface area contributed by atoms with Crippen LogP contribution < -0.4 is 4.74 Å². The maximum absolute atomic E-state index is 10.8. The number of hydrogen-bond acceptors (Lipinski definition) is 3. The number of aromatic nitrogens is 2. The number of ether oxygens (including phenoxy) is 1. The van der Waals surface area contributed by atoms with E-state index in [-0.39, 0.29) is 24.6 Å². The van der Waals surface area contributed by atoms with Gasteiger partial charge < -0.3 is 9.84 Å². The molecular weight excluding hydrogens is 287 g/mol. The zero-order valence-electron chi connectivity index (χ0n) is 11.7. The number of nitrogens with zero attached hydrogens (tertiary/aromatic N) is 1. The molecule has 0 aliphatic carbocycles. The molecule has 0 saturated heterocycles. The summed E-state index contributed by atoms with van der Waals surface area (Å²) in [6.07, 6.45) is 0. The van der Waals surface area contributed by atoms with Gasteiger partial charge in [-0.3, -0.25) is 5.10 Å². The van der Waals surface area contributed by atoms with Gasteiger partial charge in [-0.15, -0.1) is 0 Å². The molecule has 0 fully saturated rings. The van der Waals surface area contributed by atoms with E-state index in [0.717, 1.165) is 16.9 Å². The Balaban J connectivity index is 0.00000192. The minimum absolute atomic E-state index is 0. The van der Waals surface area contributed by atoms with Crippen LogP contribution in [0.4, 0.5) is 0 Å². The van der Waals surface area contributed by atoms with Crippen LogP contribution in [0.3, 0.4) is 0 Å². The van der Waals surface area contributed by atoms with Crippen LogP contribution in [0.1, 0.15) is 16.1 Å². The summed E-state index contributed by atoms with van der Waals surface area (Å²) in [5, 5.41) is 15.3. The van der Waals surface area contributed by atoms with Crippen LogP contribution in [0.2, 0.25) is 0 Å². The van der Waals surface area contributed by atoms with Crippen LogP contribution in [0.15, 0.2) is 60.7 Å². The summed E-state index contributed by atoms with van der Waals surface area (Å²) in [7, 11) is 0. The minimum atomic E-state index is -1.05. The summed E-state index contributed by atoms with van der Waals surface area (Å²) in [5.74, 6) is -0.295. The van der Waals surface area contributed by atoms with E-state index >= 15 is 0 Å². The average molecular weight is 302 g/mol. The molecule has 0 aliphatic heterocycles. The number of benzene rings is 2. The average Bonchev–Trinajstić information content (AvgIpc) is 3.05. The summed E-state index contributed by atoms with van der Waals surface area (Å²) < 4.78 is 5.71. The fraction of sp³-hybridized carbons (Fsp3) is 0.0588. The molecule has 2 aromatic carbocycles. The Bertz CT molecular complexity index is 770. The van der Waals surface area contributed by atoms with Gasteiger partial charge in [0.15, 0.2) is 5.69 Å². The van der Waals surface area contributed by atoms with Gasteiger partial charge >= 0.3 is 24.8 Å². The Labute approximate surface area is 145 Å². The molecule has 0 amide bonds. The first-order valence-electron chi connectivity index (χ1n) is 6.78. The van der Waals surface area contributed by atoms with Gasteiger partial charge in [-0.25, -0.2) is 4.79 Å². The second-order valence-electron chi connectivity index (χ2n) is 4.77. The van der Waals surface area contributed by atoms with Crippen molar-refractivity contribution >= 4 is 24.8 Å². The van der Waals surface area contributed by atoms with E-state index in [1.807, 2.05) is 54.6 Å². The van der Waals surface area contributed by atoms with Crippen molar-refractivity contribution in [1.82, 2.24) is 10.2 Å². The first kappa shape index (κ1) is 16.9. The van der Waals surface area contributed by atoms with Crippen molar-refractivity contribution in [2.45, 2.75) is 6.61 Å². The van der Waals surface area contributed by atoms with Crippen molar-refractivity contribution < 1.29 is 14.6 Å². The van der Waals surface area contributed by atoms with Crippen LogP contribution in [-0.2, 0) is 6.61 Å². The number of aromatic carboxylic acids is 1. The molecule has 1 heterocycles. The maximum atomic E-state index is 10.8. The molecule has 0 radical (unpaired) electrons. The number of hydrogen-bond donors (Lipinski definition) is 2. The molecule has 0 aliphatic rings. The number of H-pyrrole nitrogens is 1. The molecule has 0 unspecified atom stereocenters. The summed E-state index contributed by atoms with van der Waals surface area (Å²) in [6.45, 7) is 0.507. The third-order valence-corrected chi connectivity index (χ3v) is 3.21. The van der Waals surface area contributed by atoms with Gasteiger partial charge in [0.1, 0.15) is 12.4 Å². The van der Waals surface area contributed by atoms with E-state index in [9.17, 15) is 4.79 Å². The van der Waals surface area contributed by atoms with Gasteiger partial charge in [-0.05, 0) is 41.5 Å². The van der Waals surface area contributed by atoms with Crippen molar-refractivity contribution in [3.63, 3.8) is 0 Å². The Morgan fingerprint density at radius 2 is 1.78 bits per heavy atom. The van der Waals surface area contributed by atoms with Crippen molar-refractivity contribution in [3.8, 4) is 17.0 Å². The molecule has 1 aromatic heterocycles. The monoisotopic (exact) mass is 302 g/mol. The summed E-state index contributed by atoms with van der Waals surface area (Å²) in [5.41, 5.74) is 2.62. The van der Waals surface area contributed by atoms with Crippen molar-refractivity contribution in [1.29, 1.82) is 0 Å².